The van der Waals surface area contributed by atoms with Gasteiger partial charge in [0, 0.05) is 19.3 Å². The van der Waals surface area contributed by atoms with E-state index in [1.54, 1.807) is 6.92 Å². The first-order valence-electron chi connectivity index (χ1n) is 11.6. The lowest BCUT2D eigenvalue weighted by Gasteiger charge is -2.59. The molecule has 166 valence electrons. The van der Waals surface area contributed by atoms with Crippen LogP contribution in [0.15, 0.2) is 11.6 Å². The van der Waals surface area contributed by atoms with E-state index in [0.717, 1.165) is 44.9 Å². The van der Waals surface area contributed by atoms with Gasteiger partial charge in [-0.2, -0.15) is 0 Å². The maximum atomic E-state index is 12.8. The molecule has 3 saturated carbocycles. The van der Waals surface area contributed by atoms with Crippen molar-refractivity contribution in [1.29, 1.82) is 0 Å². The van der Waals surface area contributed by atoms with Gasteiger partial charge in [-0.1, -0.05) is 19.4 Å². The van der Waals surface area contributed by atoms with E-state index < -0.39 is 5.60 Å². The quantitative estimate of drug-likeness (QED) is 0.489. The van der Waals surface area contributed by atoms with E-state index >= 15 is 0 Å². The Morgan fingerprint density at radius 3 is 2.23 bits per heavy atom. The monoisotopic (exact) mass is 416 g/mol. The Labute approximate surface area is 179 Å². The average molecular weight is 417 g/mol. The normalized spacial score (nSPS) is 44.8. The van der Waals surface area contributed by atoms with Gasteiger partial charge in [0.15, 0.2) is 11.4 Å². The lowest BCUT2D eigenvalue weighted by atomic mass is 9.46. The van der Waals surface area contributed by atoms with Gasteiger partial charge in [-0.3, -0.25) is 14.4 Å². The minimum atomic E-state index is -0.960. The van der Waals surface area contributed by atoms with E-state index in [1.807, 2.05) is 0 Å². The summed E-state index contributed by atoms with van der Waals surface area (Å²) in [6.45, 7) is 9.11. The smallest absolute Gasteiger partial charge is 0.303 e. The Kier molecular flexibility index (Phi) is 5.18. The van der Waals surface area contributed by atoms with E-state index in [2.05, 4.69) is 19.9 Å². The van der Waals surface area contributed by atoms with Crippen molar-refractivity contribution >= 4 is 17.7 Å². The molecule has 4 aliphatic rings. The number of carbonyl (C=O) groups is 3. The van der Waals surface area contributed by atoms with Crippen molar-refractivity contribution in [3.8, 4) is 0 Å². The largest absolute Gasteiger partial charge is 0.458 e. The van der Waals surface area contributed by atoms with Gasteiger partial charge in [0.25, 0.3) is 0 Å². The molecule has 7 unspecified atom stereocenters. The van der Waals surface area contributed by atoms with Gasteiger partial charge in [-0.25, -0.2) is 0 Å². The first kappa shape index (κ1) is 21.6. The second-order valence-corrected chi connectivity index (χ2v) is 10.7. The van der Waals surface area contributed by atoms with Gasteiger partial charge in [0.2, 0.25) is 0 Å². The highest BCUT2D eigenvalue weighted by atomic mass is 16.6. The van der Waals surface area contributed by atoms with Crippen molar-refractivity contribution in [2.24, 2.45) is 28.6 Å². The van der Waals surface area contributed by atoms with Crippen LogP contribution in [0.1, 0.15) is 86.0 Å². The molecule has 4 rings (SSSR count). The third kappa shape index (κ3) is 2.98. The third-order valence-electron chi connectivity index (χ3n) is 9.39. The van der Waals surface area contributed by atoms with Crippen molar-refractivity contribution in [1.82, 2.24) is 0 Å². The maximum Gasteiger partial charge on any atom is 0.303 e. The highest BCUT2D eigenvalue weighted by Gasteiger charge is 2.67. The number of hydrogen-bond acceptors (Lipinski definition) is 5. The van der Waals surface area contributed by atoms with Crippen LogP contribution in [-0.2, 0) is 23.9 Å². The Morgan fingerprint density at radius 2 is 1.60 bits per heavy atom. The minimum Gasteiger partial charge on any atom is -0.458 e. The molecule has 4 aliphatic carbocycles. The Morgan fingerprint density at radius 1 is 0.900 bits per heavy atom. The molecule has 5 heteroatoms. The zero-order valence-electron chi connectivity index (χ0n) is 19.1. The fraction of sp³-hybridized carbons (Fsp3) is 0.800. The molecule has 0 N–H and O–H groups in total. The fourth-order valence-electron chi connectivity index (χ4n) is 8.06. The fourth-order valence-corrected chi connectivity index (χ4v) is 8.06. The number of allylic oxidation sites excluding steroid dienone is 1. The Balaban J connectivity index is 1.63. The number of fused-ring (bicyclic) bond motifs is 5. The van der Waals surface area contributed by atoms with Crippen LogP contribution in [0.2, 0.25) is 0 Å². The van der Waals surface area contributed by atoms with E-state index in [9.17, 15) is 14.4 Å². The number of esters is 2. The van der Waals surface area contributed by atoms with Gasteiger partial charge < -0.3 is 9.47 Å². The molecule has 0 aromatic heterocycles. The van der Waals surface area contributed by atoms with Crippen LogP contribution >= 0.6 is 0 Å². The average Bonchev–Trinajstić information content (AvgIpc) is 2.94. The number of Topliss-reactive ketones (excluding diaryl/α,β-unsaturated/α-hetero) is 1. The highest BCUT2D eigenvalue weighted by molar-refractivity contribution is 5.89. The summed E-state index contributed by atoms with van der Waals surface area (Å²) in [4.78, 5) is 36.2. The minimum absolute atomic E-state index is 0.00523. The summed E-state index contributed by atoms with van der Waals surface area (Å²) in [7, 11) is 0. The number of carbonyl (C=O) groups excluding carboxylic acids is 3. The molecule has 3 fully saturated rings. The van der Waals surface area contributed by atoms with Crippen molar-refractivity contribution in [2.45, 2.75) is 97.7 Å². The predicted molar refractivity (Wildman–Crippen MR) is 112 cm³/mol. The van der Waals surface area contributed by atoms with Gasteiger partial charge in [0.05, 0.1) is 0 Å². The molecule has 0 heterocycles. The molecule has 0 bridgehead atoms. The molecular weight excluding hydrogens is 380 g/mol. The van der Waals surface area contributed by atoms with Gasteiger partial charge >= 0.3 is 11.9 Å². The molecular formula is C25H36O5. The summed E-state index contributed by atoms with van der Waals surface area (Å²) in [6, 6.07) is 0. The summed E-state index contributed by atoms with van der Waals surface area (Å²) < 4.78 is 11.3. The molecule has 0 aliphatic heterocycles. The standard InChI is InChI=1S/C25H36O5/c1-15(26)25(30-17(3)28)13-10-22-20-7-6-18-14-19(29-16(2)27)8-11-23(18,4)21(20)9-12-24(22,25)5/h14,19-22H,6-13H2,1-5H3. The van der Waals surface area contributed by atoms with Crippen LogP contribution in [0.4, 0.5) is 0 Å². The zero-order valence-corrected chi connectivity index (χ0v) is 19.1. The topological polar surface area (TPSA) is 69.7 Å². The molecule has 5 nitrogen and oxygen atoms in total. The highest BCUT2D eigenvalue weighted by Crippen LogP contribution is 2.68. The summed E-state index contributed by atoms with van der Waals surface area (Å²) in [5.74, 6) is 0.981. The van der Waals surface area contributed by atoms with E-state index in [-0.39, 0.29) is 34.7 Å². The summed E-state index contributed by atoms with van der Waals surface area (Å²) in [5.41, 5.74) is 0.362. The van der Waals surface area contributed by atoms with Gasteiger partial charge in [0.1, 0.15) is 6.10 Å². The van der Waals surface area contributed by atoms with Crippen LogP contribution in [0.5, 0.6) is 0 Å². The second kappa shape index (κ2) is 7.20. The van der Waals surface area contributed by atoms with Crippen LogP contribution in [0.25, 0.3) is 0 Å². The molecule has 30 heavy (non-hydrogen) atoms. The summed E-state index contributed by atoms with van der Waals surface area (Å²) in [6.07, 6.45) is 9.78. The molecule has 0 spiro atoms. The molecule has 0 aromatic carbocycles. The molecule has 0 amide bonds. The number of rotatable bonds is 3. The van der Waals surface area contributed by atoms with Crippen LogP contribution in [-0.4, -0.2) is 29.4 Å². The van der Waals surface area contributed by atoms with Crippen LogP contribution in [0, 0.1) is 28.6 Å². The second-order valence-electron chi connectivity index (χ2n) is 10.7. The lowest BCUT2D eigenvalue weighted by molar-refractivity contribution is -0.187. The SMILES string of the molecule is CC(=O)OC1C=C2CCC3C(CCC4(C)C3CCC4(OC(C)=O)C(C)=O)C2(C)CC1. The van der Waals surface area contributed by atoms with E-state index in [4.69, 9.17) is 9.47 Å². The molecule has 0 saturated heterocycles. The number of hydrogen-bond donors (Lipinski definition) is 0. The molecule has 0 radical (unpaired) electrons. The third-order valence-corrected chi connectivity index (χ3v) is 9.39. The maximum absolute atomic E-state index is 12.8. The number of ketones is 1. The molecule has 7 atom stereocenters. The Bertz CT molecular complexity index is 799. The Hall–Kier alpha value is -1.65. The van der Waals surface area contributed by atoms with Gasteiger partial charge in [-0.15, -0.1) is 0 Å². The molecule has 0 aromatic rings. The van der Waals surface area contributed by atoms with E-state index in [0.29, 0.717) is 24.2 Å². The summed E-state index contributed by atoms with van der Waals surface area (Å²) in [5, 5.41) is 0. The first-order valence-corrected chi connectivity index (χ1v) is 11.6. The first-order chi connectivity index (χ1) is 14.0. The van der Waals surface area contributed by atoms with Crippen LogP contribution in [0.3, 0.4) is 0 Å². The predicted octanol–water partition coefficient (Wildman–Crippen LogP) is 4.77. The van der Waals surface area contributed by atoms with Crippen molar-refractivity contribution in [3.05, 3.63) is 11.6 Å². The van der Waals surface area contributed by atoms with Crippen molar-refractivity contribution in [2.75, 3.05) is 0 Å². The number of ether oxygens (including phenoxy) is 2. The zero-order chi connectivity index (χ0) is 21.9. The lowest BCUT2D eigenvalue weighted by Crippen LogP contribution is -2.58. The van der Waals surface area contributed by atoms with Crippen molar-refractivity contribution < 1.29 is 23.9 Å². The van der Waals surface area contributed by atoms with Gasteiger partial charge in [-0.05, 0) is 87.5 Å². The summed E-state index contributed by atoms with van der Waals surface area (Å²) >= 11 is 0. The van der Waals surface area contributed by atoms with E-state index in [1.165, 1.54) is 19.4 Å². The van der Waals surface area contributed by atoms with Crippen LogP contribution < -0.4 is 0 Å². The van der Waals surface area contributed by atoms with Crippen molar-refractivity contribution in [3.63, 3.8) is 0 Å².